The SMILES string of the molecule is Cc1oc(-c2ccccc2)nc1CCOc1cccc(N)c1C. The van der Waals surface area contributed by atoms with E-state index in [0.29, 0.717) is 18.9 Å². The summed E-state index contributed by atoms with van der Waals surface area (Å²) in [7, 11) is 0. The van der Waals surface area contributed by atoms with Gasteiger partial charge in [0, 0.05) is 23.2 Å². The van der Waals surface area contributed by atoms with E-state index in [1.807, 2.05) is 62.4 Å². The van der Waals surface area contributed by atoms with Gasteiger partial charge < -0.3 is 14.9 Å². The average Bonchev–Trinajstić information content (AvgIpc) is 2.93. The van der Waals surface area contributed by atoms with Gasteiger partial charge in [0.25, 0.3) is 0 Å². The lowest BCUT2D eigenvalue weighted by atomic mass is 10.2. The number of rotatable bonds is 5. The van der Waals surface area contributed by atoms with Crippen LogP contribution in [0.2, 0.25) is 0 Å². The monoisotopic (exact) mass is 308 g/mol. The number of nitrogens with two attached hydrogens (primary N) is 1. The summed E-state index contributed by atoms with van der Waals surface area (Å²) in [4.78, 5) is 4.58. The van der Waals surface area contributed by atoms with Crippen LogP contribution in [0.5, 0.6) is 5.75 Å². The number of nitrogen functional groups attached to an aromatic ring is 1. The number of ether oxygens (including phenoxy) is 1. The molecular formula is C19H20N2O2. The van der Waals surface area contributed by atoms with Gasteiger partial charge >= 0.3 is 0 Å². The van der Waals surface area contributed by atoms with Crippen molar-refractivity contribution in [3.05, 3.63) is 65.5 Å². The average molecular weight is 308 g/mol. The van der Waals surface area contributed by atoms with E-state index < -0.39 is 0 Å². The molecule has 118 valence electrons. The van der Waals surface area contributed by atoms with Crippen LogP contribution >= 0.6 is 0 Å². The Kier molecular flexibility index (Phi) is 4.33. The highest BCUT2D eigenvalue weighted by Gasteiger charge is 2.11. The van der Waals surface area contributed by atoms with Crippen molar-refractivity contribution in [1.29, 1.82) is 0 Å². The molecule has 0 fully saturated rings. The van der Waals surface area contributed by atoms with Crippen molar-refractivity contribution in [1.82, 2.24) is 4.98 Å². The molecule has 0 radical (unpaired) electrons. The molecule has 0 saturated heterocycles. The van der Waals surface area contributed by atoms with Crippen LogP contribution in [0.1, 0.15) is 17.0 Å². The minimum atomic E-state index is 0.534. The third-order valence-corrected chi connectivity index (χ3v) is 3.84. The number of hydrogen-bond donors (Lipinski definition) is 1. The maximum Gasteiger partial charge on any atom is 0.226 e. The van der Waals surface area contributed by atoms with E-state index in [-0.39, 0.29) is 0 Å². The first-order valence-corrected chi connectivity index (χ1v) is 7.65. The first-order valence-electron chi connectivity index (χ1n) is 7.65. The third kappa shape index (κ3) is 3.37. The number of hydrogen-bond acceptors (Lipinski definition) is 4. The topological polar surface area (TPSA) is 61.3 Å². The fourth-order valence-corrected chi connectivity index (χ4v) is 2.41. The molecular weight excluding hydrogens is 288 g/mol. The second-order valence-corrected chi connectivity index (χ2v) is 5.46. The van der Waals surface area contributed by atoms with Crippen molar-refractivity contribution in [2.75, 3.05) is 12.3 Å². The molecule has 0 bridgehead atoms. The third-order valence-electron chi connectivity index (χ3n) is 3.84. The maximum atomic E-state index is 5.89. The Bertz CT molecular complexity index is 794. The van der Waals surface area contributed by atoms with E-state index in [1.54, 1.807) is 0 Å². The molecule has 2 aromatic carbocycles. The molecule has 0 unspecified atom stereocenters. The minimum absolute atomic E-state index is 0.534. The molecule has 3 rings (SSSR count). The predicted molar refractivity (Wildman–Crippen MR) is 91.5 cm³/mol. The van der Waals surface area contributed by atoms with Crippen LogP contribution in [0, 0.1) is 13.8 Å². The van der Waals surface area contributed by atoms with Crippen molar-refractivity contribution in [2.45, 2.75) is 20.3 Å². The normalized spacial score (nSPS) is 10.7. The quantitative estimate of drug-likeness (QED) is 0.719. The molecule has 0 saturated carbocycles. The van der Waals surface area contributed by atoms with Crippen molar-refractivity contribution in [3.63, 3.8) is 0 Å². The molecule has 2 N–H and O–H groups in total. The lowest BCUT2D eigenvalue weighted by molar-refractivity contribution is 0.318. The first-order chi connectivity index (χ1) is 11.1. The minimum Gasteiger partial charge on any atom is -0.493 e. The van der Waals surface area contributed by atoms with E-state index in [4.69, 9.17) is 14.9 Å². The number of aromatic nitrogens is 1. The smallest absolute Gasteiger partial charge is 0.226 e. The van der Waals surface area contributed by atoms with Crippen molar-refractivity contribution in [3.8, 4) is 17.2 Å². The Hall–Kier alpha value is -2.75. The van der Waals surface area contributed by atoms with Gasteiger partial charge in [-0.1, -0.05) is 24.3 Å². The molecule has 1 aromatic heterocycles. The number of oxazole rings is 1. The summed E-state index contributed by atoms with van der Waals surface area (Å²) in [5.41, 5.74) is 9.50. The van der Waals surface area contributed by atoms with E-state index in [1.165, 1.54) is 0 Å². The fraction of sp³-hybridized carbons (Fsp3) is 0.211. The van der Waals surface area contributed by atoms with Gasteiger partial charge in [0.1, 0.15) is 11.5 Å². The summed E-state index contributed by atoms with van der Waals surface area (Å²) in [5, 5.41) is 0. The summed E-state index contributed by atoms with van der Waals surface area (Å²) >= 11 is 0. The zero-order valence-electron chi connectivity index (χ0n) is 13.4. The van der Waals surface area contributed by atoms with Gasteiger partial charge in [-0.2, -0.15) is 0 Å². The number of aryl methyl sites for hydroxylation is 1. The number of anilines is 1. The van der Waals surface area contributed by atoms with Crippen molar-refractivity contribution in [2.24, 2.45) is 0 Å². The van der Waals surface area contributed by atoms with Gasteiger partial charge in [0.05, 0.1) is 12.3 Å². The van der Waals surface area contributed by atoms with E-state index in [0.717, 1.165) is 34.0 Å². The Labute approximate surface area is 135 Å². The fourth-order valence-electron chi connectivity index (χ4n) is 2.41. The maximum absolute atomic E-state index is 5.89. The molecule has 0 aliphatic carbocycles. The van der Waals surface area contributed by atoms with Crippen LogP contribution in [-0.2, 0) is 6.42 Å². The molecule has 4 nitrogen and oxygen atoms in total. The molecule has 23 heavy (non-hydrogen) atoms. The van der Waals surface area contributed by atoms with E-state index in [9.17, 15) is 0 Å². The summed E-state index contributed by atoms with van der Waals surface area (Å²) in [6.07, 6.45) is 0.691. The van der Waals surface area contributed by atoms with Crippen molar-refractivity contribution < 1.29 is 9.15 Å². The van der Waals surface area contributed by atoms with Gasteiger partial charge in [0.15, 0.2) is 0 Å². The van der Waals surface area contributed by atoms with Gasteiger partial charge in [-0.25, -0.2) is 4.98 Å². The van der Waals surface area contributed by atoms with Crippen LogP contribution in [0.15, 0.2) is 52.9 Å². The summed E-state index contributed by atoms with van der Waals surface area (Å²) < 4.78 is 11.6. The van der Waals surface area contributed by atoms with E-state index in [2.05, 4.69) is 4.98 Å². The highest BCUT2D eigenvalue weighted by atomic mass is 16.5. The highest BCUT2D eigenvalue weighted by molar-refractivity contribution is 5.54. The molecule has 0 aliphatic rings. The largest absolute Gasteiger partial charge is 0.493 e. The predicted octanol–water partition coefficient (Wildman–Crippen LogP) is 4.16. The van der Waals surface area contributed by atoms with Crippen LogP contribution in [0.4, 0.5) is 5.69 Å². The van der Waals surface area contributed by atoms with Crippen LogP contribution in [0.25, 0.3) is 11.5 Å². The molecule has 0 atom stereocenters. The second kappa shape index (κ2) is 6.57. The Balaban J connectivity index is 1.67. The van der Waals surface area contributed by atoms with Gasteiger partial charge in [-0.05, 0) is 38.1 Å². The lowest BCUT2D eigenvalue weighted by Crippen LogP contribution is -2.04. The zero-order valence-corrected chi connectivity index (χ0v) is 13.4. The summed E-state index contributed by atoms with van der Waals surface area (Å²) in [6, 6.07) is 15.6. The molecule has 1 heterocycles. The molecule has 0 amide bonds. The number of benzene rings is 2. The Morgan fingerprint density at radius 1 is 1.04 bits per heavy atom. The van der Waals surface area contributed by atoms with Crippen LogP contribution < -0.4 is 10.5 Å². The Morgan fingerprint density at radius 2 is 1.83 bits per heavy atom. The van der Waals surface area contributed by atoms with Crippen molar-refractivity contribution >= 4 is 5.69 Å². The number of nitrogens with zero attached hydrogens (tertiary/aromatic N) is 1. The van der Waals surface area contributed by atoms with Crippen LogP contribution in [-0.4, -0.2) is 11.6 Å². The first kappa shape index (κ1) is 15.2. The zero-order chi connectivity index (χ0) is 16.2. The van der Waals surface area contributed by atoms with E-state index >= 15 is 0 Å². The summed E-state index contributed by atoms with van der Waals surface area (Å²) in [6.45, 7) is 4.42. The molecule has 0 spiro atoms. The van der Waals surface area contributed by atoms with Gasteiger partial charge in [-0.3, -0.25) is 0 Å². The van der Waals surface area contributed by atoms with Crippen LogP contribution in [0.3, 0.4) is 0 Å². The van der Waals surface area contributed by atoms with Gasteiger partial charge in [-0.15, -0.1) is 0 Å². The summed E-state index contributed by atoms with van der Waals surface area (Å²) in [5.74, 6) is 2.30. The standard InChI is InChI=1S/C19H20N2O2/c1-13-16(20)9-6-10-18(13)22-12-11-17-14(2)23-19(21-17)15-7-4-3-5-8-15/h3-10H,11-12,20H2,1-2H3. The highest BCUT2D eigenvalue weighted by Crippen LogP contribution is 2.24. The lowest BCUT2D eigenvalue weighted by Gasteiger charge is -2.09. The van der Waals surface area contributed by atoms with Gasteiger partial charge in [0.2, 0.25) is 5.89 Å². The molecule has 4 heteroatoms. The Morgan fingerprint density at radius 3 is 2.61 bits per heavy atom. The molecule has 3 aromatic rings. The second-order valence-electron chi connectivity index (χ2n) is 5.46. The molecule has 0 aliphatic heterocycles.